The number of urea groups is 1. The third kappa shape index (κ3) is 5.10. The summed E-state index contributed by atoms with van der Waals surface area (Å²) >= 11 is 0. The van der Waals surface area contributed by atoms with Gasteiger partial charge in [-0.2, -0.15) is 5.26 Å². The molecule has 0 radical (unpaired) electrons. The highest BCUT2D eigenvalue weighted by Gasteiger charge is 2.36. The molecular formula is C21H22N4O4. The maximum Gasteiger partial charge on any atom is 0.331 e. The average Bonchev–Trinajstić information content (AvgIpc) is 3.04. The van der Waals surface area contributed by atoms with Crippen molar-refractivity contribution in [3.05, 3.63) is 60.2 Å². The van der Waals surface area contributed by atoms with E-state index in [0.717, 1.165) is 0 Å². The number of carbonyl (C=O) groups excluding carboxylic acids is 2. The molecule has 0 unspecified atom stereocenters. The topological polar surface area (TPSA) is 106 Å². The molecule has 8 nitrogen and oxygen atoms in total. The van der Waals surface area contributed by atoms with Crippen molar-refractivity contribution in [3.8, 4) is 11.8 Å². The Morgan fingerprint density at radius 3 is 2.62 bits per heavy atom. The number of aliphatic hydroxyl groups is 1. The van der Waals surface area contributed by atoms with Crippen LogP contribution in [0.4, 0.5) is 10.5 Å². The van der Waals surface area contributed by atoms with Crippen molar-refractivity contribution in [2.75, 3.05) is 37.7 Å². The Kier molecular flexibility index (Phi) is 6.79. The number of nitriles is 1. The van der Waals surface area contributed by atoms with Gasteiger partial charge in [0, 0.05) is 25.3 Å². The van der Waals surface area contributed by atoms with E-state index in [4.69, 9.17) is 10.00 Å². The number of benzene rings is 2. The minimum atomic E-state index is -0.799. The Morgan fingerprint density at radius 2 is 1.86 bits per heavy atom. The number of aliphatic hydroxyl groups excluding tert-OH is 1. The second-order valence-corrected chi connectivity index (χ2v) is 6.53. The fourth-order valence-corrected chi connectivity index (χ4v) is 2.96. The van der Waals surface area contributed by atoms with Gasteiger partial charge in [-0.1, -0.05) is 30.3 Å². The lowest BCUT2D eigenvalue weighted by Gasteiger charge is -2.18. The lowest BCUT2D eigenvalue weighted by atomic mass is 10.2. The minimum absolute atomic E-state index is 0.0229. The van der Waals surface area contributed by atoms with Crippen molar-refractivity contribution in [2.45, 2.75) is 6.10 Å². The maximum atomic E-state index is 12.5. The molecule has 2 aromatic rings. The van der Waals surface area contributed by atoms with Gasteiger partial charge in [0.1, 0.15) is 31.1 Å². The maximum absolute atomic E-state index is 12.5. The zero-order valence-corrected chi connectivity index (χ0v) is 15.8. The first-order chi connectivity index (χ1) is 14.1. The van der Waals surface area contributed by atoms with Gasteiger partial charge in [0.2, 0.25) is 0 Å². The molecule has 1 aliphatic rings. The number of nitrogens with one attached hydrogen (secondary N) is 1. The molecule has 0 aliphatic carbocycles. The SMILES string of the molecule is N#Cc1ccccc1OC[C@H](O)CNCCN1C(=O)CN(c2ccccc2)C1=O. The number of imide groups is 1. The number of ether oxygens (including phenoxy) is 1. The van der Waals surface area contributed by atoms with Gasteiger partial charge in [-0.25, -0.2) is 4.79 Å². The fourth-order valence-electron chi connectivity index (χ4n) is 2.96. The van der Waals surface area contributed by atoms with Crippen molar-refractivity contribution in [3.63, 3.8) is 0 Å². The Labute approximate surface area is 168 Å². The van der Waals surface area contributed by atoms with Crippen LogP contribution < -0.4 is 15.0 Å². The highest BCUT2D eigenvalue weighted by atomic mass is 16.5. The third-order valence-electron chi connectivity index (χ3n) is 4.45. The molecule has 0 saturated carbocycles. The number of carbonyl (C=O) groups is 2. The number of amides is 3. The molecule has 0 spiro atoms. The molecule has 8 heteroatoms. The fraction of sp³-hybridized carbons (Fsp3) is 0.286. The monoisotopic (exact) mass is 394 g/mol. The van der Waals surface area contributed by atoms with Crippen LogP contribution in [-0.4, -0.2) is 60.8 Å². The molecule has 3 amide bonds. The summed E-state index contributed by atoms with van der Waals surface area (Å²) < 4.78 is 5.48. The third-order valence-corrected chi connectivity index (χ3v) is 4.45. The Bertz CT molecular complexity index is 897. The van der Waals surface area contributed by atoms with Gasteiger partial charge < -0.3 is 15.2 Å². The molecule has 2 aromatic carbocycles. The summed E-state index contributed by atoms with van der Waals surface area (Å²) in [5.74, 6) is 0.168. The Hall–Kier alpha value is -3.41. The second kappa shape index (κ2) is 9.68. The molecule has 1 aliphatic heterocycles. The standard InChI is InChI=1S/C21H22N4O4/c22-12-16-6-4-5-9-19(16)29-15-18(26)13-23-10-11-24-20(27)14-25(21(24)28)17-7-2-1-3-8-17/h1-9,18,23,26H,10-11,13-15H2/t18-/m1/s1. The van der Waals surface area contributed by atoms with Crippen LogP contribution in [0.5, 0.6) is 5.75 Å². The second-order valence-electron chi connectivity index (χ2n) is 6.53. The van der Waals surface area contributed by atoms with Gasteiger partial charge in [-0.15, -0.1) is 0 Å². The molecule has 0 bridgehead atoms. The number of hydrogen-bond acceptors (Lipinski definition) is 6. The quantitative estimate of drug-likeness (QED) is 0.491. The number of anilines is 1. The molecule has 2 N–H and O–H groups in total. The summed E-state index contributed by atoms with van der Waals surface area (Å²) in [6.07, 6.45) is -0.799. The lowest BCUT2D eigenvalue weighted by Crippen LogP contribution is -2.40. The van der Waals surface area contributed by atoms with Crippen molar-refractivity contribution in [2.24, 2.45) is 0 Å². The molecule has 3 rings (SSSR count). The summed E-state index contributed by atoms with van der Waals surface area (Å²) in [4.78, 5) is 27.3. The average molecular weight is 394 g/mol. The molecule has 1 atom stereocenters. The predicted octanol–water partition coefficient (Wildman–Crippen LogP) is 1.36. The first-order valence-corrected chi connectivity index (χ1v) is 9.27. The summed E-state index contributed by atoms with van der Waals surface area (Å²) in [5.41, 5.74) is 1.09. The molecule has 150 valence electrons. The van der Waals surface area contributed by atoms with Crippen LogP contribution in [0, 0.1) is 11.3 Å². The van der Waals surface area contributed by atoms with E-state index >= 15 is 0 Å². The van der Waals surface area contributed by atoms with E-state index in [1.165, 1.54) is 9.80 Å². The van der Waals surface area contributed by atoms with Crippen LogP contribution in [0.1, 0.15) is 5.56 Å². The van der Waals surface area contributed by atoms with Crippen LogP contribution in [0.2, 0.25) is 0 Å². The van der Waals surface area contributed by atoms with Crippen molar-refractivity contribution >= 4 is 17.6 Å². The van der Waals surface area contributed by atoms with Gasteiger partial charge in [0.05, 0.1) is 5.56 Å². The number of para-hydroxylation sites is 2. The van der Waals surface area contributed by atoms with Gasteiger partial charge >= 0.3 is 6.03 Å². The van der Waals surface area contributed by atoms with Gasteiger partial charge in [0.15, 0.2) is 0 Å². The largest absolute Gasteiger partial charge is 0.489 e. The van der Waals surface area contributed by atoms with E-state index in [1.807, 2.05) is 24.3 Å². The number of hydrogen-bond donors (Lipinski definition) is 2. The zero-order valence-electron chi connectivity index (χ0n) is 15.8. The summed E-state index contributed by atoms with van der Waals surface area (Å²) in [6, 6.07) is 17.5. The van der Waals surface area contributed by atoms with Crippen molar-refractivity contribution in [1.82, 2.24) is 10.2 Å². The van der Waals surface area contributed by atoms with Crippen molar-refractivity contribution in [1.29, 1.82) is 5.26 Å². The van der Waals surface area contributed by atoms with Gasteiger partial charge in [0.25, 0.3) is 5.91 Å². The van der Waals surface area contributed by atoms with Gasteiger partial charge in [-0.3, -0.25) is 14.6 Å². The highest BCUT2D eigenvalue weighted by Crippen LogP contribution is 2.20. The van der Waals surface area contributed by atoms with E-state index in [-0.39, 0.29) is 38.2 Å². The molecule has 29 heavy (non-hydrogen) atoms. The predicted molar refractivity (Wildman–Crippen MR) is 106 cm³/mol. The first-order valence-electron chi connectivity index (χ1n) is 9.27. The number of rotatable bonds is 9. The van der Waals surface area contributed by atoms with Crippen molar-refractivity contribution < 1.29 is 19.4 Å². The van der Waals surface area contributed by atoms with Crippen LogP contribution in [-0.2, 0) is 4.79 Å². The molecular weight excluding hydrogens is 372 g/mol. The molecule has 1 fully saturated rings. The molecule has 1 heterocycles. The minimum Gasteiger partial charge on any atom is -0.489 e. The number of nitrogens with zero attached hydrogens (tertiary/aromatic N) is 3. The van der Waals surface area contributed by atoms with Crippen LogP contribution >= 0.6 is 0 Å². The van der Waals surface area contributed by atoms with Crippen LogP contribution in [0.15, 0.2) is 54.6 Å². The van der Waals surface area contributed by atoms with E-state index < -0.39 is 6.10 Å². The Morgan fingerprint density at radius 1 is 1.14 bits per heavy atom. The first kappa shape index (κ1) is 20.3. The normalized spacial score (nSPS) is 14.8. The lowest BCUT2D eigenvalue weighted by molar-refractivity contribution is -0.124. The summed E-state index contributed by atoms with van der Waals surface area (Å²) in [5, 5.41) is 22.1. The van der Waals surface area contributed by atoms with Gasteiger partial charge in [-0.05, 0) is 24.3 Å². The Balaban J connectivity index is 1.40. The zero-order chi connectivity index (χ0) is 20.6. The van der Waals surface area contributed by atoms with E-state index in [9.17, 15) is 14.7 Å². The summed E-state index contributed by atoms with van der Waals surface area (Å²) in [7, 11) is 0. The molecule has 1 saturated heterocycles. The van der Waals surface area contributed by atoms with E-state index in [2.05, 4.69) is 5.32 Å². The highest BCUT2D eigenvalue weighted by molar-refractivity contribution is 6.12. The smallest absolute Gasteiger partial charge is 0.331 e. The summed E-state index contributed by atoms with van der Waals surface area (Å²) in [6.45, 7) is 0.845. The van der Waals surface area contributed by atoms with Crippen LogP contribution in [0.3, 0.4) is 0 Å². The van der Waals surface area contributed by atoms with Crippen LogP contribution in [0.25, 0.3) is 0 Å². The molecule has 0 aromatic heterocycles. The van der Waals surface area contributed by atoms with E-state index in [0.29, 0.717) is 23.5 Å². The van der Waals surface area contributed by atoms with E-state index in [1.54, 1.807) is 36.4 Å².